The highest BCUT2D eigenvalue weighted by molar-refractivity contribution is 7.16. The summed E-state index contributed by atoms with van der Waals surface area (Å²) in [6.45, 7) is 1.79. The van der Waals surface area contributed by atoms with Crippen LogP contribution in [0.4, 0.5) is 11.5 Å². The van der Waals surface area contributed by atoms with Crippen molar-refractivity contribution in [1.82, 2.24) is 4.98 Å². The van der Waals surface area contributed by atoms with Crippen LogP contribution < -0.4 is 10.6 Å². The Kier molecular flexibility index (Phi) is 6.12. The first-order valence-electron chi connectivity index (χ1n) is 5.44. The van der Waals surface area contributed by atoms with Crippen LogP contribution in [0.5, 0.6) is 0 Å². The molecule has 16 heavy (non-hydrogen) atoms. The maximum atomic E-state index is 5.70. The topological polar surface area (TPSA) is 51.4 Å². The first-order valence-corrected chi connectivity index (χ1v) is 6.26. The zero-order chi connectivity index (χ0) is 11.8. The number of hydrogen-bond acceptors (Lipinski definition) is 4. The van der Waals surface area contributed by atoms with Gasteiger partial charge in [0, 0.05) is 38.1 Å². The van der Waals surface area contributed by atoms with Gasteiger partial charge in [-0.25, -0.2) is 4.98 Å². The average molecular weight is 241 g/mol. The van der Waals surface area contributed by atoms with E-state index in [1.807, 2.05) is 13.1 Å². The summed E-state index contributed by atoms with van der Waals surface area (Å²) in [5.41, 5.74) is 6.45. The minimum atomic E-state index is 0.715. The van der Waals surface area contributed by atoms with Gasteiger partial charge in [0.25, 0.3) is 0 Å². The Morgan fingerprint density at radius 1 is 1.50 bits per heavy atom. The summed E-state index contributed by atoms with van der Waals surface area (Å²) in [5.74, 6) is 0.923. The van der Waals surface area contributed by atoms with Gasteiger partial charge in [-0.3, -0.25) is 0 Å². The van der Waals surface area contributed by atoms with Gasteiger partial charge < -0.3 is 15.4 Å². The summed E-state index contributed by atoms with van der Waals surface area (Å²) < 4.78 is 5.25. The summed E-state index contributed by atoms with van der Waals surface area (Å²) in [6.07, 6.45) is 4.61. The Morgan fingerprint density at radius 3 is 3.00 bits per heavy atom. The van der Waals surface area contributed by atoms with E-state index in [4.69, 9.17) is 10.5 Å². The van der Waals surface area contributed by atoms with Crippen molar-refractivity contribution in [2.75, 3.05) is 37.2 Å². The smallest absolute Gasteiger partial charge is 0.130 e. The normalized spacial score (nSPS) is 10.4. The van der Waals surface area contributed by atoms with E-state index in [1.165, 1.54) is 0 Å². The molecule has 0 saturated heterocycles. The molecule has 1 heterocycles. The molecule has 0 aliphatic heterocycles. The van der Waals surface area contributed by atoms with Gasteiger partial charge in [0.2, 0.25) is 0 Å². The Labute approximate surface area is 99.4 Å². The minimum absolute atomic E-state index is 0.715. The molecule has 2 N–H and O–H groups in total. The van der Waals surface area contributed by atoms with E-state index in [-0.39, 0.29) is 0 Å². The van der Waals surface area contributed by atoms with Gasteiger partial charge in [-0.2, -0.15) is 0 Å². The number of ether oxygens (including phenoxy) is 1. The molecule has 0 aliphatic rings. The van der Waals surface area contributed by atoms with Crippen LogP contribution in [0.1, 0.15) is 12.8 Å². The van der Waals surface area contributed by atoms with Crippen LogP contribution in [0.3, 0.4) is 0 Å². The first kappa shape index (κ1) is 13.2. The fraction of sp³-hybridized carbons (Fsp3) is 0.545. The zero-order valence-electron chi connectivity index (χ0n) is 9.72. The molecule has 4 nitrogen and oxygen atoms in total. The number of nitrogen functional groups attached to an aromatic ring is 1. The third-order valence-electron chi connectivity index (χ3n) is 2.31. The number of anilines is 2. The van der Waals surface area contributed by atoms with Crippen LogP contribution in [0.2, 0.25) is 0 Å². The SMILES string of the molecule is CN(CCCCOCP)c1cc(N)ccn1. The van der Waals surface area contributed by atoms with Gasteiger partial charge in [0.15, 0.2) is 0 Å². The number of nitrogens with two attached hydrogens (primary N) is 1. The lowest BCUT2D eigenvalue weighted by molar-refractivity contribution is 0.177. The number of aromatic nitrogens is 1. The summed E-state index contributed by atoms with van der Waals surface area (Å²) in [4.78, 5) is 6.37. The van der Waals surface area contributed by atoms with E-state index in [0.29, 0.717) is 6.35 Å². The molecule has 5 heteroatoms. The van der Waals surface area contributed by atoms with Crippen LogP contribution in [0.15, 0.2) is 18.3 Å². The van der Waals surface area contributed by atoms with E-state index < -0.39 is 0 Å². The highest BCUT2D eigenvalue weighted by Crippen LogP contribution is 2.12. The average Bonchev–Trinajstić information content (AvgIpc) is 2.28. The number of rotatable bonds is 7. The summed E-state index contributed by atoms with van der Waals surface area (Å²) in [7, 11) is 4.58. The fourth-order valence-corrected chi connectivity index (χ4v) is 1.56. The number of unbranched alkanes of at least 4 members (excludes halogenated alkanes) is 1. The van der Waals surface area contributed by atoms with Crippen LogP contribution in [-0.2, 0) is 4.74 Å². The predicted octanol–water partition coefficient (Wildman–Crippen LogP) is 1.73. The maximum absolute atomic E-state index is 5.70. The van der Waals surface area contributed by atoms with E-state index in [1.54, 1.807) is 12.3 Å². The molecule has 1 rings (SSSR count). The fourth-order valence-electron chi connectivity index (χ4n) is 1.39. The molecule has 1 unspecified atom stereocenters. The molecule has 90 valence electrons. The third kappa shape index (κ3) is 4.77. The molecular weight excluding hydrogens is 221 g/mol. The van der Waals surface area contributed by atoms with Crippen molar-refractivity contribution in [3.8, 4) is 0 Å². The Hall–Kier alpha value is -0.860. The van der Waals surface area contributed by atoms with Gasteiger partial charge in [0.05, 0.1) is 6.35 Å². The largest absolute Gasteiger partial charge is 0.399 e. The van der Waals surface area contributed by atoms with Crippen LogP contribution in [0.25, 0.3) is 0 Å². The van der Waals surface area contributed by atoms with Crippen LogP contribution >= 0.6 is 9.24 Å². The van der Waals surface area contributed by atoms with Gasteiger partial charge in [-0.05, 0) is 18.9 Å². The van der Waals surface area contributed by atoms with E-state index in [2.05, 4.69) is 19.1 Å². The molecular formula is C11H20N3OP. The standard InChI is InChI=1S/C11H20N3OP/c1-14(6-2-3-7-15-9-16)11-8-10(12)4-5-13-11/h4-5,8H,2-3,6-7,9,16H2,1H3,(H2,12,13). The lowest BCUT2D eigenvalue weighted by atomic mass is 10.3. The second-order valence-electron chi connectivity index (χ2n) is 3.65. The molecule has 0 radical (unpaired) electrons. The third-order valence-corrected chi connectivity index (χ3v) is 2.55. The second-order valence-corrected chi connectivity index (χ2v) is 3.98. The Balaban J connectivity index is 2.27. The van der Waals surface area contributed by atoms with Crippen molar-refractivity contribution in [3.63, 3.8) is 0 Å². The highest BCUT2D eigenvalue weighted by Gasteiger charge is 2.01. The molecule has 0 bridgehead atoms. The van der Waals surface area contributed by atoms with Crippen molar-refractivity contribution in [1.29, 1.82) is 0 Å². The predicted molar refractivity (Wildman–Crippen MR) is 71.7 cm³/mol. The molecule has 0 aliphatic carbocycles. The van der Waals surface area contributed by atoms with Crippen molar-refractivity contribution in [2.45, 2.75) is 12.8 Å². The van der Waals surface area contributed by atoms with Gasteiger partial charge >= 0.3 is 0 Å². The van der Waals surface area contributed by atoms with Gasteiger partial charge in [0.1, 0.15) is 5.82 Å². The molecule has 1 atom stereocenters. The quantitative estimate of drug-likeness (QED) is 0.583. The van der Waals surface area contributed by atoms with Crippen molar-refractivity contribution in [2.24, 2.45) is 0 Å². The minimum Gasteiger partial charge on any atom is -0.399 e. The number of nitrogens with zero attached hydrogens (tertiary/aromatic N) is 2. The van der Waals surface area contributed by atoms with Crippen molar-refractivity contribution >= 4 is 20.7 Å². The Morgan fingerprint density at radius 2 is 2.31 bits per heavy atom. The lowest BCUT2D eigenvalue weighted by Crippen LogP contribution is -2.20. The molecule has 0 saturated carbocycles. The first-order chi connectivity index (χ1) is 7.74. The number of hydrogen-bond donors (Lipinski definition) is 1. The Bertz CT molecular complexity index is 309. The number of pyridine rings is 1. The molecule has 0 aromatic carbocycles. The second kappa shape index (κ2) is 7.42. The van der Waals surface area contributed by atoms with Gasteiger partial charge in [-0.1, -0.05) is 0 Å². The van der Waals surface area contributed by atoms with E-state index in [9.17, 15) is 0 Å². The monoisotopic (exact) mass is 241 g/mol. The van der Waals surface area contributed by atoms with E-state index in [0.717, 1.165) is 37.5 Å². The van der Waals surface area contributed by atoms with Gasteiger partial charge in [-0.15, -0.1) is 9.24 Å². The van der Waals surface area contributed by atoms with Crippen molar-refractivity contribution in [3.05, 3.63) is 18.3 Å². The highest BCUT2D eigenvalue weighted by atomic mass is 31.0. The summed E-state index contributed by atoms with van der Waals surface area (Å²) in [6, 6.07) is 3.68. The zero-order valence-corrected chi connectivity index (χ0v) is 10.9. The molecule has 1 aromatic heterocycles. The van der Waals surface area contributed by atoms with Crippen LogP contribution in [0, 0.1) is 0 Å². The molecule has 0 fully saturated rings. The van der Waals surface area contributed by atoms with Crippen LogP contribution in [-0.4, -0.2) is 31.5 Å². The van der Waals surface area contributed by atoms with E-state index >= 15 is 0 Å². The summed E-state index contributed by atoms with van der Waals surface area (Å²) >= 11 is 0. The summed E-state index contributed by atoms with van der Waals surface area (Å²) in [5, 5.41) is 0. The van der Waals surface area contributed by atoms with Crippen molar-refractivity contribution < 1.29 is 4.74 Å². The lowest BCUT2D eigenvalue weighted by Gasteiger charge is -2.18. The molecule has 0 amide bonds. The molecule has 0 spiro atoms. The molecule has 1 aromatic rings. The maximum Gasteiger partial charge on any atom is 0.130 e.